The molecule has 0 atom stereocenters. The maximum Gasteiger partial charge on any atom is 0.137 e. The molecule has 0 unspecified atom stereocenters. The average molecular weight is 200 g/mol. The lowest BCUT2D eigenvalue weighted by Gasteiger charge is -2.06. The van der Waals surface area contributed by atoms with Crippen molar-refractivity contribution in [2.24, 2.45) is 0 Å². The Morgan fingerprint density at radius 3 is 2.67 bits per heavy atom. The molecule has 15 heavy (non-hydrogen) atoms. The van der Waals surface area contributed by atoms with Crippen molar-refractivity contribution in [1.29, 1.82) is 10.5 Å². The Bertz CT molecular complexity index is 387. The van der Waals surface area contributed by atoms with E-state index in [9.17, 15) is 0 Å². The second kappa shape index (κ2) is 6.45. The zero-order valence-corrected chi connectivity index (χ0v) is 8.44. The summed E-state index contributed by atoms with van der Waals surface area (Å²) in [6.45, 7) is 0.556. The molecule has 0 saturated heterocycles. The summed E-state index contributed by atoms with van der Waals surface area (Å²) < 4.78 is 5.44. The summed E-state index contributed by atoms with van der Waals surface area (Å²) in [6, 6.07) is 11.3. The predicted octanol–water partition coefficient (Wildman–Crippen LogP) is 2.63. The van der Waals surface area contributed by atoms with Gasteiger partial charge in [0.1, 0.15) is 11.8 Å². The molecule has 3 nitrogen and oxygen atoms in total. The van der Waals surface area contributed by atoms with Gasteiger partial charge in [0, 0.05) is 6.42 Å². The van der Waals surface area contributed by atoms with Gasteiger partial charge in [0.2, 0.25) is 0 Å². The van der Waals surface area contributed by atoms with E-state index in [0.29, 0.717) is 24.3 Å². The first-order valence-corrected chi connectivity index (χ1v) is 4.87. The number of nitrogens with zero attached hydrogens (tertiary/aromatic N) is 2. The first-order valence-electron chi connectivity index (χ1n) is 4.87. The van der Waals surface area contributed by atoms with Crippen molar-refractivity contribution in [3.05, 3.63) is 29.8 Å². The van der Waals surface area contributed by atoms with Crippen molar-refractivity contribution < 1.29 is 4.74 Å². The zero-order chi connectivity index (χ0) is 10.9. The molecule has 0 spiro atoms. The lowest BCUT2D eigenvalue weighted by molar-refractivity contribution is 0.307. The second-order valence-corrected chi connectivity index (χ2v) is 3.07. The second-order valence-electron chi connectivity index (χ2n) is 3.07. The molecule has 1 aromatic carbocycles. The predicted molar refractivity (Wildman–Crippen MR) is 56.1 cm³/mol. The van der Waals surface area contributed by atoms with Crippen LogP contribution in [0.4, 0.5) is 0 Å². The van der Waals surface area contributed by atoms with Gasteiger partial charge in [-0.15, -0.1) is 0 Å². The topological polar surface area (TPSA) is 56.8 Å². The van der Waals surface area contributed by atoms with Gasteiger partial charge >= 0.3 is 0 Å². The van der Waals surface area contributed by atoms with Crippen molar-refractivity contribution >= 4 is 0 Å². The van der Waals surface area contributed by atoms with E-state index >= 15 is 0 Å². The van der Waals surface area contributed by atoms with E-state index in [-0.39, 0.29) is 0 Å². The molecular weight excluding hydrogens is 188 g/mol. The number of nitriles is 2. The normalized spacial score (nSPS) is 8.93. The number of ether oxygens (including phenoxy) is 1. The van der Waals surface area contributed by atoms with Crippen LogP contribution in [0, 0.1) is 22.7 Å². The van der Waals surface area contributed by atoms with Gasteiger partial charge in [0.15, 0.2) is 0 Å². The molecule has 0 aliphatic rings. The molecule has 0 aliphatic carbocycles. The molecule has 0 amide bonds. The van der Waals surface area contributed by atoms with Gasteiger partial charge < -0.3 is 4.74 Å². The van der Waals surface area contributed by atoms with Crippen LogP contribution in [0.15, 0.2) is 24.3 Å². The molecule has 0 fully saturated rings. The van der Waals surface area contributed by atoms with Crippen LogP contribution in [0.3, 0.4) is 0 Å². The maximum atomic E-state index is 8.79. The van der Waals surface area contributed by atoms with Gasteiger partial charge in [-0.05, 0) is 25.0 Å². The van der Waals surface area contributed by atoms with Crippen molar-refractivity contribution in [3.63, 3.8) is 0 Å². The molecule has 0 aromatic heterocycles. The lowest BCUT2D eigenvalue weighted by Crippen LogP contribution is -1.98. The van der Waals surface area contributed by atoms with Gasteiger partial charge in [-0.2, -0.15) is 10.5 Å². The van der Waals surface area contributed by atoms with E-state index in [1.165, 1.54) is 0 Å². The van der Waals surface area contributed by atoms with Crippen LogP contribution >= 0.6 is 0 Å². The molecule has 3 heteroatoms. The summed E-state index contributed by atoms with van der Waals surface area (Å²) in [5.41, 5.74) is 0.554. The standard InChI is InChI=1S/C12H12N2O/c13-8-4-1-5-9-15-12-7-3-2-6-11(12)10-14/h2-3,6-7H,1,4-5,9H2. The molecule has 0 aliphatic heterocycles. The summed E-state index contributed by atoms with van der Waals surface area (Å²) in [4.78, 5) is 0. The van der Waals surface area contributed by atoms with Crippen LogP contribution in [0.1, 0.15) is 24.8 Å². The van der Waals surface area contributed by atoms with E-state index in [0.717, 1.165) is 12.8 Å². The van der Waals surface area contributed by atoms with E-state index < -0.39 is 0 Å². The van der Waals surface area contributed by atoms with Crippen LogP contribution in [0.5, 0.6) is 5.75 Å². The summed E-state index contributed by atoms with van der Waals surface area (Å²) in [5, 5.41) is 17.1. The molecule has 0 bridgehead atoms. The lowest BCUT2D eigenvalue weighted by atomic mass is 10.2. The van der Waals surface area contributed by atoms with Gasteiger partial charge in [-0.3, -0.25) is 0 Å². The molecular formula is C12H12N2O. The molecule has 0 saturated carbocycles. The largest absolute Gasteiger partial charge is 0.492 e. The Balaban J connectivity index is 2.38. The summed E-state index contributed by atoms with van der Waals surface area (Å²) in [7, 11) is 0. The monoisotopic (exact) mass is 200 g/mol. The van der Waals surface area contributed by atoms with Crippen molar-refractivity contribution in [3.8, 4) is 17.9 Å². The third-order valence-corrected chi connectivity index (χ3v) is 1.95. The Kier molecular flexibility index (Phi) is 4.77. The minimum atomic E-state index is 0.554. The highest BCUT2D eigenvalue weighted by Crippen LogP contribution is 2.16. The van der Waals surface area contributed by atoms with Crippen molar-refractivity contribution in [2.75, 3.05) is 6.61 Å². The Labute approximate surface area is 89.5 Å². The van der Waals surface area contributed by atoms with E-state index in [1.807, 2.05) is 6.07 Å². The number of hydrogen-bond donors (Lipinski definition) is 0. The van der Waals surface area contributed by atoms with Crippen LogP contribution in [-0.2, 0) is 0 Å². The van der Waals surface area contributed by atoms with Crippen LogP contribution in [0.25, 0.3) is 0 Å². The summed E-state index contributed by atoms with van der Waals surface area (Å²) >= 11 is 0. The fourth-order valence-corrected chi connectivity index (χ4v) is 1.17. The number of benzene rings is 1. The smallest absolute Gasteiger partial charge is 0.137 e. The minimum absolute atomic E-state index is 0.554. The Hall–Kier alpha value is -2.00. The highest BCUT2D eigenvalue weighted by atomic mass is 16.5. The van der Waals surface area contributed by atoms with Crippen LogP contribution < -0.4 is 4.74 Å². The fraction of sp³-hybridized carbons (Fsp3) is 0.333. The molecule has 1 rings (SSSR count). The highest BCUT2D eigenvalue weighted by molar-refractivity contribution is 5.42. The Morgan fingerprint density at radius 1 is 1.13 bits per heavy atom. The number of para-hydroxylation sites is 1. The number of rotatable bonds is 5. The maximum absolute atomic E-state index is 8.79. The number of hydrogen-bond acceptors (Lipinski definition) is 3. The average Bonchev–Trinajstić information content (AvgIpc) is 2.29. The summed E-state index contributed by atoms with van der Waals surface area (Å²) in [5.74, 6) is 0.622. The highest BCUT2D eigenvalue weighted by Gasteiger charge is 2.00. The fourth-order valence-electron chi connectivity index (χ4n) is 1.17. The molecule has 0 heterocycles. The van der Waals surface area contributed by atoms with E-state index in [4.69, 9.17) is 15.3 Å². The third kappa shape index (κ3) is 3.70. The summed E-state index contributed by atoms with van der Waals surface area (Å²) in [6.07, 6.45) is 2.24. The SMILES string of the molecule is N#CCCCCOc1ccccc1C#N. The molecule has 0 N–H and O–H groups in total. The first kappa shape index (κ1) is 11.1. The van der Waals surface area contributed by atoms with Crippen molar-refractivity contribution in [1.82, 2.24) is 0 Å². The number of unbranched alkanes of at least 4 members (excludes halogenated alkanes) is 2. The van der Waals surface area contributed by atoms with Crippen molar-refractivity contribution in [2.45, 2.75) is 19.3 Å². The van der Waals surface area contributed by atoms with Crippen LogP contribution in [0.2, 0.25) is 0 Å². The van der Waals surface area contributed by atoms with Gasteiger partial charge in [-0.25, -0.2) is 0 Å². The zero-order valence-electron chi connectivity index (χ0n) is 8.44. The first-order chi connectivity index (χ1) is 7.38. The molecule has 76 valence electrons. The van der Waals surface area contributed by atoms with E-state index in [2.05, 4.69) is 12.1 Å². The molecule has 1 aromatic rings. The Morgan fingerprint density at radius 2 is 1.93 bits per heavy atom. The minimum Gasteiger partial charge on any atom is -0.492 e. The van der Waals surface area contributed by atoms with Gasteiger partial charge in [-0.1, -0.05) is 12.1 Å². The van der Waals surface area contributed by atoms with Gasteiger partial charge in [0.25, 0.3) is 0 Å². The van der Waals surface area contributed by atoms with Gasteiger partial charge in [0.05, 0.1) is 18.2 Å². The van der Waals surface area contributed by atoms with Crippen LogP contribution in [-0.4, -0.2) is 6.61 Å². The third-order valence-electron chi connectivity index (χ3n) is 1.95. The van der Waals surface area contributed by atoms with E-state index in [1.54, 1.807) is 18.2 Å². The quantitative estimate of drug-likeness (QED) is 0.686. The molecule has 0 radical (unpaired) electrons.